The Hall–Kier alpha value is -2.77. The van der Waals surface area contributed by atoms with Gasteiger partial charge >= 0.3 is 0 Å². The van der Waals surface area contributed by atoms with Gasteiger partial charge in [0, 0.05) is 22.7 Å². The van der Waals surface area contributed by atoms with Crippen molar-refractivity contribution in [1.29, 1.82) is 0 Å². The summed E-state index contributed by atoms with van der Waals surface area (Å²) >= 11 is 1.55. The van der Waals surface area contributed by atoms with E-state index < -0.39 is 10.0 Å². The van der Waals surface area contributed by atoms with E-state index in [0.717, 1.165) is 10.5 Å². The molecule has 0 fully saturated rings. The minimum absolute atomic E-state index is 0.190. The summed E-state index contributed by atoms with van der Waals surface area (Å²) in [5.41, 5.74) is 3.04. The Balaban J connectivity index is 1.62. The number of hydrogen-bond acceptors (Lipinski definition) is 4. The van der Waals surface area contributed by atoms with Crippen molar-refractivity contribution in [1.82, 2.24) is 5.32 Å². The molecule has 1 amide bonds. The number of hydrogen-bond donors (Lipinski definition) is 2. The van der Waals surface area contributed by atoms with Crippen molar-refractivity contribution in [2.24, 2.45) is 0 Å². The van der Waals surface area contributed by atoms with Crippen LogP contribution in [0.5, 0.6) is 0 Å². The quantitative estimate of drug-likeness (QED) is 0.548. The van der Waals surface area contributed by atoms with Gasteiger partial charge in [0.1, 0.15) is 0 Å². The monoisotopic (exact) mass is 426 g/mol. The largest absolute Gasteiger partial charge is 0.348 e. The second-order valence-electron chi connectivity index (χ2n) is 6.53. The highest BCUT2D eigenvalue weighted by Crippen LogP contribution is 2.20. The summed E-state index contributed by atoms with van der Waals surface area (Å²) in [6.07, 6.45) is 1.93. The van der Waals surface area contributed by atoms with Crippen molar-refractivity contribution in [2.75, 3.05) is 11.0 Å². The van der Waals surface area contributed by atoms with Crippen molar-refractivity contribution in [3.8, 4) is 0 Å². The number of carbonyl (C=O) groups is 1. The van der Waals surface area contributed by atoms with Gasteiger partial charge in [-0.25, -0.2) is 8.42 Å². The maximum atomic E-state index is 12.5. The molecule has 150 valence electrons. The van der Waals surface area contributed by atoms with E-state index in [1.807, 2.05) is 37.4 Å². The Morgan fingerprint density at radius 1 is 0.897 bits per heavy atom. The van der Waals surface area contributed by atoms with Crippen LogP contribution in [0.2, 0.25) is 0 Å². The van der Waals surface area contributed by atoms with Crippen LogP contribution in [0.1, 0.15) is 21.5 Å². The summed E-state index contributed by atoms with van der Waals surface area (Å²) < 4.78 is 27.5. The summed E-state index contributed by atoms with van der Waals surface area (Å²) in [5, 5.41) is 2.86. The van der Waals surface area contributed by atoms with Crippen LogP contribution in [0.3, 0.4) is 0 Å². The Labute approximate surface area is 175 Å². The molecule has 0 aliphatic rings. The minimum Gasteiger partial charge on any atom is -0.348 e. The molecule has 0 radical (unpaired) electrons. The molecule has 0 saturated heterocycles. The molecule has 0 aliphatic heterocycles. The second kappa shape index (κ2) is 9.15. The molecule has 0 heterocycles. The molecule has 2 N–H and O–H groups in total. The number of aryl methyl sites for hydroxylation is 1. The summed E-state index contributed by atoms with van der Waals surface area (Å²) in [4.78, 5) is 13.5. The Kier molecular flexibility index (Phi) is 6.61. The van der Waals surface area contributed by atoms with Crippen LogP contribution in [0.25, 0.3) is 0 Å². The van der Waals surface area contributed by atoms with Gasteiger partial charge in [0.05, 0.1) is 4.90 Å². The van der Waals surface area contributed by atoms with Crippen molar-refractivity contribution >= 4 is 33.4 Å². The molecular formula is C22H22N2O3S2. The summed E-state index contributed by atoms with van der Waals surface area (Å²) in [6, 6.07) is 21.0. The van der Waals surface area contributed by atoms with E-state index in [9.17, 15) is 13.2 Å². The van der Waals surface area contributed by atoms with E-state index in [4.69, 9.17) is 0 Å². The van der Waals surface area contributed by atoms with Gasteiger partial charge in [0.15, 0.2) is 0 Å². The third kappa shape index (κ3) is 5.62. The number of anilines is 1. The molecule has 0 aliphatic carbocycles. The fraction of sp³-hybridized carbons (Fsp3) is 0.136. The third-order valence-electron chi connectivity index (χ3n) is 4.34. The number of thioether (sulfide) groups is 1. The highest BCUT2D eigenvalue weighted by Gasteiger charge is 2.14. The van der Waals surface area contributed by atoms with Crippen molar-refractivity contribution < 1.29 is 13.2 Å². The fourth-order valence-corrected chi connectivity index (χ4v) is 4.12. The van der Waals surface area contributed by atoms with Crippen LogP contribution in [0.4, 0.5) is 5.69 Å². The number of nitrogens with one attached hydrogen (secondary N) is 2. The van der Waals surface area contributed by atoms with E-state index in [-0.39, 0.29) is 10.8 Å². The average Bonchev–Trinajstić information content (AvgIpc) is 2.73. The van der Waals surface area contributed by atoms with Gasteiger partial charge in [0.25, 0.3) is 15.9 Å². The standard InChI is InChI=1S/C22H22N2O3S2/c1-16-3-5-17(6-4-16)15-23-22(25)18-7-9-19(10-8-18)24-29(26,27)21-13-11-20(28-2)12-14-21/h3-14,24H,15H2,1-2H3,(H,23,25). The van der Waals surface area contributed by atoms with Gasteiger partial charge in [-0.15, -0.1) is 11.8 Å². The lowest BCUT2D eigenvalue weighted by molar-refractivity contribution is 0.0951. The van der Waals surface area contributed by atoms with Gasteiger partial charge in [-0.05, 0) is 67.3 Å². The molecule has 3 aromatic rings. The van der Waals surface area contributed by atoms with Gasteiger partial charge in [-0.2, -0.15) is 0 Å². The lowest BCUT2D eigenvalue weighted by Crippen LogP contribution is -2.22. The first-order chi connectivity index (χ1) is 13.9. The summed E-state index contributed by atoms with van der Waals surface area (Å²) in [6.45, 7) is 2.44. The molecule has 7 heteroatoms. The van der Waals surface area contributed by atoms with Crippen molar-refractivity contribution in [2.45, 2.75) is 23.3 Å². The van der Waals surface area contributed by atoms with Crippen LogP contribution >= 0.6 is 11.8 Å². The van der Waals surface area contributed by atoms with E-state index in [2.05, 4.69) is 10.0 Å². The summed E-state index contributed by atoms with van der Waals surface area (Å²) in [7, 11) is -3.68. The van der Waals surface area contributed by atoms with Gasteiger partial charge in [-0.1, -0.05) is 29.8 Å². The van der Waals surface area contributed by atoms with Crippen LogP contribution < -0.4 is 10.0 Å². The number of benzene rings is 3. The van der Waals surface area contributed by atoms with E-state index in [1.165, 1.54) is 5.56 Å². The van der Waals surface area contributed by atoms with E-state index >= 15 is 0 Å². The molecule has 3 rings (SSSR count). The fourth-order valence-electron chi connectivity index (χ4n) is 2.65. The van der Waals surface area contributed by atoms with Gasteiger partial charge in [0.2, 0.25) is 0 Å². The highest BCUT2D eigenvalue weighted by atomic mass is 32.2. The highest BCUT2D eigenvalue weighted by molar-refractivity contribution is 7.98. The summed E-state index contributed by atoms with van der Waals surface area (Å²) in [5.74, 6) is -0.215. The molecular weight excluding hydrogens is 404 g/mol. The number of sulfonamides is 1. The SMILES string of the molecule is CSc1ccc(S(=O)(=O)Nc2ccc(C(=O)NCc3ccc(C)cc3)cc2)cc1. The zero-order valence-corrected chi connectivity index (χ0v) is 17.8. The molecule has 29 heavy (non-hydrogen) atoms. The molecule has 0 atom stereocenters. The smallest absolute Gasteiger partial charge is 0.261 e. The normalized spacial score (nSPS) is 11.1. The molecule has 0 unspecified atom stereocenters. The van der Waals surface area contributed by atoms with E-state index in [0.29, 0.717) is 17.8 Å². The Morgan fingerprint density at radius 2 is 1.52 bits per heavy atom. The first-order valence-corrected chi connectivity index (χ1v) is 11.7. The first-order valence-electron chi connectivity index (χ1n) is 8.98. The lowest BCUT2D eigenvalue weighted by atomic mass is 10.1. The molecule has 5 nitrogen and oxygen atoms in total. The zero-order chi connectivity index (χ0) is 20.9. The van der Waals surface area contributed by atoms with Crippen LogP contribution in [0.15, 0.2) is 82.6 Å². The molecule has 0 bridgehead atoms. The number of carbonyl (C=O) groups excluding carboxylic acids is 1. The molecule has 0 aromatic heterocycles. The number of rotatable bonds is 7. The zero-order valence-electron chi connectivity index (χ0n) is 16.2. The Bertz CT molecular complexity index is 1080. The maximum absolute atomic E-state index is 12.5. The minimum atomic E-state index is -3.68. The van der Waals surface area contributed by atoms with Crippen LogP contribution in [0, 0.1) is 6.92 Å². The predicted octanol–water partition coefficient (Wildman–Crippen LogP) is 4.45. The van der Waals surface area contributed by atoms with Crippen molar-refractivity contribution in [3.05, 3.63) is 89.5 Å². The van der Waals surface area contributed by atoms with Gasteiger partial charge < -0.3 is 5.32 Å². The maximum Gasteiger partial charge on any atom is 0.261 e. The Morgan fingerprint density at radius 3 is 2.10 bits per heavy atom. The topological polar surface area (TPSA) is 75.3 Å². The van der Waals surface area contributed by atoms with Gasteiger partial charge in [-0.3, -0.25) is 9.52 Å². The molecule has 0 saturated carbocycles. The second-order valence-corrected chi connectivity index (χ2v) is 9.09. The van der Waals surface area contributed by atoms with E-state index in [1.54, 1.807) is 60.3 Å². The first kappa shape index (κ1) is 21.0. The third-order valence-corrected chi connectivity index (χ3v) is 6.48. The predicted molar refractivity (Wildman–Crippen MR) is 118 cm³/mol. The van der Waals surface area contributed by atoms with Crippen LogP contribution in [-0.4, -0.2) is 20.6 Å². The number of amides is 1. The molecule has 0 spiro atoms. The lowest BCUT2D eigenvalue weighted by Gasteiger charge is -2.10. The average molecular weight is 427 g/mol. The molecule has 3 aromatic carbocycles. The van der Waals surface area contributed by atoms with Crippen LogP contribution in [-0.2, 0) is 16.6 Å². The van der Waals surface area contributed by atoms with Crippen molar-refractivity contribution in [3.63, 3.8) is 0 Å².